The van der Waals surface area contributed by atoms with Crippen molar-refractivity contribution < 1.29 is 9.21 Å². The maximum atomic E-state index is 13.4. The van der Waals surface area contributed by atoms with Gasteiger partial charge in [0.25, 0.3) is 0 Å². The van der Waals surface area contributed by atoms with Crippen molar-refractivity contribution in [2.75, 3.05) is 0 Å². The van der Waals surface area contributed by atoms with Gasteiger partial charge in [0.05, 0.1) is 5.39 Å². The van der Waals surface area contributed by atoms with Gasteiger partial charge < -0.3 is 9.40 Å². The third kappa shape index (κ3) is 4.16. The van der Waals surface area contributed by atoms with Crippen LogP contribution in [0.25, 0.3) is 33.6 Å². The smallest absolute Gasteiger partial charge is 0.194 e. The number of ketones is 1. The summed E-state index contributed by atoms with van der Waals surface area (Å²) in [6.45, 7) is 3.70. The number of aromatic amines is 1. The molecule has 4 aromatic heterocycles. The number of carbonyl (C=O) groups is 1. The highest BCUT2D eigenvalue weighted by atomic mass is 35.5. The van der Waals surface area contributed by atoms with Crippen LogP contribution in [0.2, 0.25) is 5.15 Å². The number of pyridine rings is 3. The van der Waals surface area contributed by atoms with Crippen LogP contribution in [0.3, 0.4) is 0 Å². The highest BCUT2D eigenvalue weighted by molar-refractivity contribution is 6.29. The van der Waals surface area contributed by atoms with E-state index < -0.39 is 0 Å². The summed E-state index contributed by atoms with van der Waals surface area (Å²) in [5.41, 5.74) is 3.86. The molecule has 5 aromatic rings. The van der Waals surface area contributed by atoms with Gasteiger partial charge in [-0.1, -0.05) is 41.9 Å². The molecule has 0 saturated carbocycles. The maximum absolute atomic E-state index is 13.4. The van der Waals surface area contributed by atoms with Crippen LogP contribution in [0.1, 0.15) is 27.4 Å². The second-order valence-corrected chi connectivity index (χ2v) is 8.51. The van der Waals surface area contributed by atoms with Gasteiger partial charge in [0.2, 0.25) is 0 Å². The van der Waals surface area contributed by atoms with Gasteiger partial charge in [0, 0.05) is 35.0 Å². The van der Waals surface area contributed by atoms with Crippen molar-refractivity contribution in [1.82, 2.24) is 15.0 Å². The number of nitrogens with one attached hydrogen (secondary N) is 1. The number of aromatic nitrogens is 3. The number of fused-ring (bicyclic) bond motifs is 1. The summed E-state index contributed by atoms with van der Waals surface area (Å²) < 4.78 is 5.85. The molecular formula is C27H20ClN3O3. The molecule has 0 fully saturated rings. The Morgan fingerprint density at radius 3 is 2.53 bits per heavy atom. The first kappa shape index (κ1) is 21.8. The molecule has 5 rings (SSSR count). The number of halogens is 1. The summed E-state index contributed by atoms with van der Waals surface area (Å²) in [5, 5.41) is 0.721. The molecule has 0 aliphatic rings. The Morgan fingerprint density at radius 2 is 1.82 bits per heavy atom. The van der Waals surface area contributed by atoms with E-state index in [0.29, 0.717) is 44.3 Å². The minimum absolute atomic E-state index is 0.00998. The zero-order chi connectivity index (χ0) is 23.8. The van der Waals surface area contributed by atoms with Crippen molar-refractivity contribution in [2.24, 2.45) is 0 Å². The monoisotopic (exact) mass is 469 g/mol. The first-order chi connectivity index (χ1) is 16.4. The molecule has 1 aromatic carbocycles. The number of hydrogen-bond acceptors (Lipinski definition) is 5. The van der Waals surface area contributed by atoms with Crippen molar-refractivity contribution in [3.63, 3.8) is 0 Å². The Hall–Kier alpha value is -4.03. The standard InChI is InChI=1S/C27H20ClN3O3/c1-15-10-18(12-24(28)30-15)20-13-21-26(33)19(11-22(32)17-6-4-3-5-7-17)14-29-27(21)31-25(20)23-9-8-16(2)34-23/h3-10,12-14H,11H2,1-2H3,(H,29,31,33). The maximum Gasteiger partial charge on any atom is 0.194 e. The summed E-state index contributed by atoms with van der Waals surface area (Å²) >= 11 is 6.23. The number of nitrogens with zero attached hydrogens (tertiary/aromatic N) is 2. The van der Waals surface area contributed by atoms with Gasteiger partial charge in [-0.05, 0) is 49.7 Å². The van der Waals surface area contributed by atoms with Gasteiger partial charge in [-0.2, -0.15) is 0 Å². The van der Waals surface area contributed by atoms with E-state index in [0.717, 1.165) is 17.0 Å². The number of Topliss-reactive ketones (excluding diaryl/α,β-unsaturated/α-hetero) is 1. The van der Waals surface area contributed by atoms with Crippen LogP contribution in [0.4, 0.5) is 0 Å². The molecule has 0 bridgehead atoms. The van der Waals surface area contributed by atoms with E-state index in [1.807, 2.05) is 38.1 Å². The second-order valence-electron chi connectivity index (χ2n) is 8.12. The number of carbonyl (C=O) groups excluding carboxylic acids is 1. The molecule has 4 heterocycles. The highest BCUT2D eigenvalue weighted by Gasteiger charge is 2.19. The van der Waals surface area contributed by atoms with Crippen LogP contribution in [0.5, 0.6) is 0 Å². The molecule has 34 heavy (non-hydrogen) atoms. The number of benzene rings is 1. The molecule has 168 valence electrons. The number of furan rings is 1. The summed E-state index contributed by atoms with van der Waals surface area (Å²) in [6, 6.07) is 18.0. The van der Waals surface area contributed by atoms with Gasteiger partial charge in [-0.25, -0.2) is 9.97 Å². The van der Waals surface area contributed by atoms with Gasteiger partial charge in [0.15, 0.2) is 17.0 Å². The topological polar surface area (TPSA) is 88.9 Å². The SMILES string of the molecule is Cc1cc(-c2cc3c(=O)c(CC(=O)c4ccccc4)c[nH]c3nc2-c2ccc(C)o2)cc(Cl)n1. The van der Waals surface area contributed by atoms with E-state index in [1.165, 1.54) is 0 Å². The van der Waals surface area contributed by atoms with Gasteiger partial charge in [-0.15, -0.1) is 0 Å². The van der Waals surface area contributed by atoms with Gasteiger partial charge in [0.1, 0.15) is 22.3 Å². The summed E-state index contributed by atoms with van der Waals surface area (Å²) in [5.74, 6) is 1.19. The van der Waals surface area contributed by atoms with Crippen LogP contribution in [-0.2, 0) is 6.42 Å². The Balaban J connectivity index is 1.68. The highest BCUT2D eigenvalue weighted by Crippen LogP contribution is 2.34. The normalized spacial score (nSPS) is 11.1. The molecule has 0 unspecified atom stereocenters. The molecule has 7 heteroatoms. The Kier molecular flexibility index (Phi) is 5.59. The Morgan fingerprint density at radius 1 is 1.03 bits per heavy atom. The zero-order valence-corrected chi connectivity index (χ0v) is 19.3. The van der Waals surface area contributed by atoms with Crippen LogP contribution in [0.15, 0.2) is 76.1 Å². The first-order valence-corrected chi connectivity index (χ1v) is 11.1. The summed E-state index contributed by atoms with van der Waals surface area (Å²) in [7, 11) is 0. The third-order valence-corrected chi connectivity index (χ3v) is 5.79. The minimum atomic E-state index is -0.245. The van der Waals surface area contributed by atoms with E-state index in [-0.39, 0.29) is 17.6 Å². The first-order valence-electron chi connectivity index (χ1n) is 10.7. The molecule has 0 atom stereocenters. The predicted molar refractivity (Wildman–Crippen MR) is 132 cm³/mol. The van der Waals surface area contributed by atoms with Crippen molar-refractivity contribution >= 4 is 28.4 Å². The predicted octanol–water partition coefficient (Wildman–Crippen LogP) is 5.94. The van der Waals surface area contributed by atoms with Crippen LogP contribution in [-0.4, -0.2) is 20.7 Å². The lowest BCUT2D eigenvalue weighted by atomic mass is 9.99. The van der Waals surface area contributed by atoms with E-state index in [4.69, 9.17) is 21.0 Å². The molecule has 0 radical (unpaired) electrons. The largest absolute Gasteiger partial charge is 0.460 e. The van der Waals surface area contributed by atoms with Crippen molar-refractivity contribution in [3.05, 3.63) is 105 Å². The lowest BCUT2D eigenvalue weighted by Crippen LogP contribution is -2.15. The number of H-pyrrole nitrogens is 1. The Bertz CT molecular complexity index is 1580. The van der Waals surface area contributed by atoms with Crippen LogP contribution >= 0.6 is 11.6 Å². The summed E-state index contributed by atoms with van der Waals surface area (Å²) in [4.78, 5) is 38.2. The van der Waals surface area contributed by atoms with Crippen LogP contribution < -0.4 is 5.43 Å². The van der Waals surface area contributed by atoms with Gasteiger partial charge in [-0.3, -0.25) is 9.59 Å². The molecule has 0 aliphatic carbocycles. The van der Waals surface area contributed by atoms with Crippen molar-refractivity contribution in [2.45, 2.75) is 20.3 Å². The lowest BCUT2D eigenvalue weighted by molar-refractivity contribution is 0.0992. The molecule has 0 saturated heterocycles. The molecule has 0 amide bonds. The fourth-order valence-electron chi connectivity index (χ4n) is 3.97. The average Bonchev–Trinajstić information content (AvgIpc) is 3.26. The molecule has 0 aliphatic heterocycles. The fraction of sp³-hybridized carbons (Fsp3) is 0.111. The Labute approximate surface area is 200 Å². The fourth-order valence-corrected chi connectivity index (χ4v) is 4.22. The third-order valence-electron chi connectivity index (χ3n) is 5.60. The molecule has 0 spiro atoms. The molecule has 6 nitrogen and oxygen atoms in total. The van der Waals surface area contributed by atoms with E-state index in [9.17, 15) is 9.59 Å². The average molecular weight is 470 g/mol. The second kappa shape index (κ2) is 8.72. The molecule has 1 N–H and O–H groups in total. The number of aryl methyl sites for hydroxylation is 2. The van der Waals surface area contributed by atoms with Gasteiger partial charge >= 0.3 is 0 Å². The van der Waals surface area contributed by atoms with E-state index >= 15 is 0 Å². The van der Waals surface area contributed by atoms with Crippen molar-refractivity contribution in [1.29, 1.82) is 0 Å². The number of hydrogen-bond donors (Lipinski definition) is 1. The molecular weight excluding hydrogens is 450 g/mol. The zero-order valence-electron chi connectivity index (χ0n) is 18.6. The van der Waals surface area contributed by atoms with E-state index in [2.05, 4.69) is 9.97 Å². The van der Waals surface area contributed by atoms with Crippen LogP contribution in [0, 0.1) is 13.8 Å². The van der Waals surface area contributed by atoms with Crippen molar-refractivity contribution in [3.8, 4) is 22.6 Å². The minimum Gasteiger partial charge on any atom is -0.460 e. The van der Waals surface area contributed by atoms with E-state index in [1.54, 1.807) is 42.6 Å². The quantitative estimate of drug-likeness (QED) is 0.254. The summed E-state index contributed by atoms with van der Waals surface area (Å²) in [6.07, 6.45) is 1.55. The lowest BCUT2D eigenvalue weighted by Gasteiger charge is -2.11. The number of rotatable bonds is 5.